The van der Waals surface area contributed by atoms with Crippen molar-refractivity contribution in [3.8, 4) is 0 Å². The number of benzene rings is 1. The lowest BCUT2D eigenvalue weighted by molar-refractivity contribution is -0.150. The molecule has 0 N–H and O–H groups in total. The van der Waals surface area contributed by atoms with E-state index in [0.717, 1.165) is 10.4 Å². The van der Waals surface area contributed by atoms with Crippen molar-refractivity contribution in [3.05, 3.63) is 70.2 Å². The number of hydrogen-bond acceptors (Lipinski definition) is 3. The van der Waals surface area contributed by atoms with Crippen molar-refractivity contribution in [2.75, 3.05) is 0 Å². The summed E-state index contributed by atoms with van der Waals surface area (Å²) in [6.45, 7) is 6.99. The second-order valence-corrected chi connectivity index (χ2v) is 5.63. The smallest absolute Gasteiger partial charge is 0.334 e. The normalized spacial score (nSPS) is 13.6. The molecule has 2 aromatic rings. The summed E-state index contributed by atoms with van der Waals surface area (Å²) < 4.78 is 18.7. The molecule has 1 heterocycles. The first-order valence-corrected chi connectivity index (χ1v) is 7.00. The first-order valence-electron chi connectivity index (χ1n) is 6.12. The predicted octanol–water partition coefficient (Wildman–Crippen LogP) is 4.27. The Morgan fingerprint density at radius 3 is 2.45 bits per heavy atom. The summed E-state index contributed by atoms with van der Waals surface area (Å²) in [5.74, 6) is -0.793. The molecule has 0 saturated heterocycles. The van der Waals surface area contributed by atoms with Crippen LogP contribution in [0.4, 0.5) is 4.39 Å². The fraction of sp³-hybridized carbons (Fsp3) is 0.188. The van der Waals surface area contributed by atoms with E-state index in [2.05, 4.69) is 6.58 Å². The summed E-state index contributed by atoms with van der Waals surface area (Å²) >= 11 is 1.48. The lowest BCUT2D eigenvalue weighted by Crippen LogP contribution is -2.30. The lowest BCUT2D eigenvalue weighted by atomic mass is 9.93. The molecule has 0 saturated carbocycles. The van der Waals surface area contributed by atoms with Gasteiger partial charge in [0.25, 0.3) is 0 Å². The largest absolute Gasteiger partial charge is 0.445 e. The van der Waals surface area contributed by atoms with Crippen molar-refractivity contribution in [1.29, 1.82) is 0 Å². The molecular formula is C16H15FO2S. The van der Waals surface area contributed by atoms with E-state index in [1.165, 1.54) is 23.5 Å². The summed E-state index contributed by atoms with van der Waals surface area (Å²) in [5, 5.41) is 1.91. The van der Waals surface area contributed by atoms with Crippen molar-refractivity contribution in [2.45, 2.75) is 19.4 Å². The van der Waals surface area contributed by atoms with Gasteiger partial charge >= 0.3 is 5.97 Å². The minimum absolute atomic E-state index is 0.325. The van der Waals surface area contributed by atoms with Gasteiger partial charge in [0, 0.05) is 11.1 Å². The van der Waals surface area contributed by atoms with Gasteiger partial charge in [0.2, 0.25) is 0 Å². The Bertz CT molecular complexity index is 616. The molecule has 2 nitrogen and oxygen atoms in total. The van der Waals surface area contributed by atoms with E-state index in [4.69, 9.17) is 4.74 Å². The molecule has 0 fully saturated rings. The average molecular weight is 290 g/mol. The van der Waals surface area contributed by atoms with E-state index in [-0.39, 0.29) is 5.82 Å². The van der Waals surface area contributed by atoms with Crippen molar-refractivity contribution in [1.82, 2.24) is 0 Å². The van der Waals surface area contributed by atoms with Crippen LogP contribution in [0, 0.1) is 5.82 Å². The molecular weight excluding hydrogens is 275 g/mol. The molecule has 0 aliphatic carbocycles. The van der Waals surface area contributed by atoms with Gasteiger partial charge in [0.05, 0.1) is 4.88 Å². The van der Waals surface area contributed by atoms with Crippen LogP contribution in [0.25, 0.3) is 0 Å². The lowest BCUT2D eigenvalue weighted by Gasteiger charge is -2.29. The maximum Gasteiger partial charge on any atom is 0.334 e. The topological polar surface area (TPSA) is 26.3 Å². The maximum atomic E-state index is 13.1. The van der Waals surface area contributed by atoms with Gasteiger partial charge in [0.15, 0.2) is 5.60 Å². The zero-order valence-corrected chi connectivity index (χ0v) is 12.2. The molecule has 104 valence electrons. The number of esters is 1. The minimum Gasteiger partial charge on any atom is -0.445 e. The summed E-state index contributed by atoms with van der Waals surface area (Å²) in [4.78, 5) is 12.8. The van der Waals surface area contributed by atoms with Gasteiger partial charge in [-0.05, 0) is 37.4 Å². The molecule has 2 rings (SSSR count). The highest BCUT2D eigenvalue weighted by molar-refractivity contribution is 7.10. The Hall–Kier alpha value is -1.94. The first-order chi connectivity index (χ1) is 9.43. The number of rotatable bonds is 4. The van der Waals surface area contributed by atoms with E-state index in [1.807, 2.05) is 17.5 Å². The highest BCUT2D eigenvalue weighted by Gasteiger charge is 2.34. The highest BCUT2D eigenvalue weighted by atomic mass is 32.1. The quantitative estimate of drug-likeness (QED) is 0.621. The van der Waals surface area contributed by atoms with Crippen molar-refractivity contribution in [3.63, 3.8) is 0 Å². The van der Waals surface area contributed by atoms with Crippen LogP contribution in [-0.4, -0.2) is 5.97 Å². The molecule has 0 radical (unpaired) electrons. The molecule has 20 heavy (non-hydrogen) atoms. The third kappa shape index (κ3) is 2.80. The van der Waals surface area contributed by atoms with E-state index in [1.54, 1.807) is 26.0 Å². The van der Waals surface area contributed by atoms with Crippen LogP contribution in [0.1, 0.15) is 24.3 Å². The summed E-state index contributed by atoms with van der Waals surface area (Å²) in [6.07, 6.45) is 0. The zero-order chi connectivity index (χ0) is 14.8. The monoisotopic (exact) mass is 290 g/mol. The van der Waals surface area contributed by atoms with Gasteiger partial charge in [-0.3, -0.25) is 0 Å². The fourth-order valence-electron chi connectivity index (χ4n) is 1.84. The number of thiophene rings is 1. The number of hydrogen-bond donors (Lipinski definition) is 0. The van der Waals surface area contributed by atoms with Crippen molar-refractivity contribution >= 4 is 17.3 Å². The summed E-state index contributed by atoms with van der Waals surface area (Å²) in [7, 11) is 0. The molecule has 4 heteroatoms. The Labute approximate surface area is 121 Å². The van der Waals surface area contributed by atoms with Crippen molar-refractivity contribution < 1.29 is 13.9 Å². The van der Waals surface area contributed by atoms with Gasteiger partial charge < -0.3 is 4.74 Å². The molecule has 0 aliphatic heterocycles. The third-order valence-electron chi connectivity index (χ3n) is 3.03. The van der Waals surface area contributed by atoms with E-state index in [0.29, 0.717) is 5.57 Å². The molecule has 1 aromatic carbocycles. The average Bonchev–Trinajstić information content (AvgIpc) is 2.93. The maximum absolute atomic E-state index is 13.1. The number of carbonyl (C=O) groups excluding carboxylic acids is 1. The second-order valence-electron chi connectivity index (χ2n) is 4.69. The van der Waals surface area contributed by atoms with E-state index < -0.39 is 11.6 Å². The van der Waals surface area contributed by atoms with Crippen LogP contribution >= 0.6 is 11.3 Å². The Balaban J connectivity index is 2.46. The Kier molecular flexibility index (Phi) is 4.04. The first kappa shape index (κ1) is 14.5. The molecule has 0 amide bonds. The van der Waals surface area contributed by atoms with Crippen molar-refractivity contribution in [2.24, 2.45) is 0 Å². The Morgan fingerprint density at radius 1 is 1.30 bits per heavy atom. The molecule has 1 atom stereocenters. The van der Waals surface area contributed by atoms with Crippen LogP contribution in [0.5, 0.6) is 0 Å². The van der Waals surface area contributed by atoms with Gasteiger partial charge in [-0.1, -0.05) is 24.8 Å². The van der Waals surface area contributed by atoms with Gasteiger partial charge in [-0.25, -0.2) is 9.18 Å². The molecule has 1 aromatic heterocycles. The van der Waals surface area contributed by atoms with Gasteiger partial charge in [-0.15, -0.1) is 11.3 Å². The van der Waals surface area contributed by atoms with Crippen LogP contribution in [-0.2, 0) is 15.1 Å². The standard InChI is InChI=1S/C16H15FO2S/c1-11(2)15(18)19-16(3,14-5-4-10-20-14)12-6-8-13(17)9-7-12/h4-10H,1H2,2-3H3. The third-order valence-corrected chi connectivity index (χ3v) is 4.10. The zero-order valence-electron chi connectivity index (χ0n) is 11.4. The molecule has 0 bridgehead atoms. The highest BCUT2D eigenvalue weighted by Crippen LogP contribution is 2.36. The van der Waals surface area contributed by atoms with Crippen LogP contribution in [0.15, 0.2) is 53.9 Å². The molecule has 0 aliphatic rings. The number of ether oxygens (including phenoxy) is 1. The van der Waals surface area contributed by atoms with Crippen LogP contribution in [0.3, 0.4) is 0 Å². The Morgan fingerprint density at radius 2 is 1.95 bits per heavy atom. The predicted molar refractivity (Wildman–Crippen MR) is 78.1 cm³/mol. The summed E-state index contributed by atoms with van der Waals surface area (Å²) in [5.41, 5.74) is 0.101. The number of carbonyl (C=O) groups is 1. The molecule has 1 unspecified atom stereocenters. The number of halogens is 1. The van der Waals surface area contributed by atoms with Gasteiger partial charge in [-0.2, -0.15) is 0 Å². The van der Waals surface area contributed by atoms with E-state index >= 15 is 0 Å². The van der Waals surface area contributed by atoms with Crippen LogP contribution < -0.4 is 0 Å². The SMILES string of the molecule is C=C(C)C(=O)OC(C)(c1ccc(F)cc1)c1cccs1. The van der Waals surface area contributed by atoms with Gasteiger partial charge in [0.1, 0.15) is 5.82 Å². The minimum atomic E-state index is -0.947. The van der Waals surface area contributed by atoms with E-state index in [9.17, 15) is 9.18 Å². The second kappa shape index (κ2) is 5.59. The molecule has 0 spiro atoms. The van der Waals surface area contributed by atoms with Crippen LogP contribution in [0.2, 0.25) is 0 Å². The fourth-order valence-corrected chi connectivity index (χ4v) is 2.69. The summed E-state index contributed by atoms with van der Waals surface area (Å²) in [6, 6.07) is 9.74.